The van der Waals surface area contributed by atoms with E-state index >= 15 is 0 Å². The minimum absolute atomic E-state index is 0.481. The molecule has 2 heterocycles. The SMILES string of the molecule is CC(C)NCc1cncc(-n2ccc(C3CC3)n2)c1. The molecule has 0 radical (unpaired) electrons. The normalized spacial score (nSPS) is 15.1. The highest BCUT2D eigenvalue weighted by Crippen LogP contribution is 2.38. The van der Waals surface area contributed by atoms with Crippen molar-refractivity contribution in [1.82, 2.24) is 20.1 Å². The van der Waals surface area contributed by atoms with Crippen LogP contribution in [0.25, 0.3) is 5.69 Å². The van der Waals surface area contributed by atoms with Gasteiger partial charge in [-0.3, -0.25) is 4.98 Å². The maximum atomic E-state index is 4.64. The first-order chi connectivity index (χ1) is 9.22. The Morgan fingerprint density at radius 3 is 2.95 bits per heavy atom. The number of aromatic nitrogens is 3. The van der Waals surface area contributed by atoms with E-state index in [9.17, 15) is 0 Å². The van der Waals surface area contributed by atoms with Crippen LogP contribution in [0.15, 0.2) is 30.7 Å². The molecule has 0 amide bonds. The van der Waals surface area contributed by atoms with Gasteiger partial charge in [0.15, 0.2) is 0 Å². The highest BCUT2D eigenvalue weighted by Gasteiger charge is 2.25. The van der Waals surface area contributed by atoms with Crippen LogP contribution in [0.2, 0.25) is 0 Å². The van der Waals surface area contributed by atoms with Gasteiger partial charge in [0.05, 0.1) is 17.6 Å². The molecule has 1 aliphatic rings. The first-order valence-corrected chi connectivity index (χ1v) is 6.95. The Balaban J connectivity index is 1.77. The van der Waals surface area contributed by atoms with Gasteiger partial charge in [-0.25, -0.2) is 4.68 Å². The molecular weight excluding hydrogens is 236 g/mol. The van der Waals surface area contributed by atoms with Gasteiger partial charge in [-0.2, -0.15) is 5.10 Å². The summed E-state index contributed by atoms with van der Waals surface area (Å²) < 4.78 is 1.93. The molecular formula is C15H20N4. The average Bonchev–Trinajstić information content (AvgIpc) is 3.14. The van der Waals surface area contributed by atoms with Crippen molar-refractivity contribution in [3.8, 4) is 5.69 Å². The first-order valence-electron chi connectivity index (χ1n) is 6.95. The summed E-state index contributed by atoms with van der Waals surface area (Å²) in [5.74, 6) is 0.694. The Morgan fingerprint density at radius 2 is 2.21 bits per heavy atom. The van der Waals surface area contributed by atoms with E-state index in [4.69, 9.17) is 0 Å². The van der Waals surface area contributed by atoms with E-state index < -0.39 is 0 Å². The summed E-state index contributed by atoms with van der Waals surface area (Å²) >= 11 is 0. The molecule has 100 valence electrons. The van der Waals surface area contributed by atoms with Gasteiger partial charge in [-0.05, 0) is 30.5 Å². The minimum Gasteiger partial charge on any atom is -0.310 e. The minimum atomic E-state index is 0.481. The predicted octanol–water partition coefficient (Wildman–Crippen LogP) is 2.64. The molecule has 1 fully saturated rings. The predicted molar refractivity (Wildman–Crippen MR) is 75.3 cm³/mol. The number of nitrogens with zero attached hydrogens (tertiary/aromatic N) is 3. The van der Waals surface area contributed by atoms with Gasteiger partial charge in [0.2, 0.25) is 0 Å². The van der Waals surface area contributed by atoms with Crippen LogP contribution in [0.1, 0.15) is 43.9 Å². The third kappa shape index (κ3) is 3.01. The molecule has 0 spiro atoms. The number of rotatable bonds is 5. The maximum Gasteiger partial charge on any atom is 0.0832 e. The monoisotopic (exact) mass is 256 g/mol. The molecule has 0 saturated heterocycles. The second kappa shape index (κ2) is 5.13. The molecule has 0 unspecified atom stereocenters. The topological polar surface area (TPSA) is 42.7 Å². The van der Waals surface area contributed by atoms with E-state index in [1.54, 1.807) is 0 Å². The molecule has 2 aromatic rings. The Morgan fingerprint density at radius 1 is 1.37 bits per heavy atom. The lowest BCUT2D eigenvalue weighted by Crippen LogP contribution is -2.21. The van der Waals surface area contributed by atoms with Gasteiger partial charge in [-0.15, -0.1) is 0 Å². The molecule has 0 atom stereocenters. The summed E-state index contributed by atoms with van der Waals surface area (Å²) in [6.07, 6.45) is 8.37. The Bertz CT molecular complexity index is 555. The lowest BCUT2D eigenvalue weighted by atomic mass is 10.2. The Hall–Kier alpha value is -1.68. The maximum absolute atomic E-state index is 4.64. The van der Waals surface area contributed by atoms with Crippen LogP contribution in [-0.4, -0.2) is 20.8 Å². The molecule has 4 nitrogen and oxygen atoms in total. The van der Waals surface area contributed by atoms with Crippen molar-refractivity contribution in [2.24, 2.45) is 0 Å². The number of hydrogen-bond donors (Lipinski definition) is 1. The van der Waals surface area contributed by atoms with Crippen LogP contribution >= 0.6 is 0 Å². The second-order valence-corrected chi connectivity index (χ2v) is 5.55. The summed E-state index contributed by atoms with van der Waals surface area (Å²) in [5, 5.41) is 8.04. The highest BCUT2D eigenvalue weighted by molar-refractivity contribution is 5.32. The van der Waals surface area contributed by atoms with Crippen LogP contribution in [0.3, 0.4) is 0 Å². The summed E-state index contributed by atoms with van der Waals surface area (Å²) in [6, 6.07) is 4.75. The van der Waals surface area contributed by atoms with E-state index in [-0.39, 0.29) is 0 Å². The van der Waals surface area contributed by atoms with Gasteiger partial charge in [0.1, 0.15) is 0 Å². The fourth-order valence-corrected chi connectivity index (χ4v) is 2.10. The number of pyridine rings is 1. The first kappa shape index (κ1) is 12.4. The standard InChI is InChI=1S/C15H20N4/c1-11(2)17-9-12-7-14(10-16-8-12)19-6-5-15(18-19)13-3-4-13/h5-8,10-11,13,17H,3-4,9H2,1-2H3. The summed E-state index contributed by atoms with van der Waals surface area (Å²) in [4.78, 5) is 4.31. The zero-order chi connectivity index (χ0) is 13.2. The molecule has 1 N–H and O–H groups in total. The molecule has 0 aliphatic heterocycles. The van der Waals surface area contributed by atoms with Crippen molar-refractivity contribution in [2.45, 2.75) is 45.2 Å². The van der Waals surface area contributed by atoms with Crippen LogP contribution in [0.4, 0.5) is 0 Å². The molecule has 0 aromatic carbocycles. The molecule has 2 aromatic heterocycles. The van der Waals surface area contributed by atoms with Crippen LogP contribution in [-0.2, 0) is 6.54 Å². The molecule has 4 heteroatoms. The number of nitrogens with one attached hydrogen (secondary N) is 1. The smallest absolute Gasteiger partial charge is 0.0832 e. The van der Waals surface area contributed by atoms with Gasteiger partial charge in [0, 0.05) is 30.9 Å². The van der Waals surface area contributed by atoms with E-state index in [2.05, 4.69) is 41.4 Å². The summed E-state index contributed by atoms with van der Waals surface area (Å²) in [6.45, 7) is 5.13. The molecule has 1 aliphatic carbocycles. The summed E-state index contributed by atoms with van der Waals surface area (Å²) in [7, 11) is 0. The highest BCUT2D eigenvalue weighted by atomic mass is 15.3. The molecule has 0 bridgehead atoms. The number of hydrogen-bond acceptors (Lipinski definition) is 3. The zero-order valence-corrected chi connectivity index (χ0v) is 11.5. The van der Waals surface area contributed by atoms with Gasteiger partial charge in [0.25, 0.3) is 0 Å². The van der Waals surface area contributed by atoms with Crippen LogP contribution < -0.4 is 5.32 Å². The fraction of sp³-hybridized carbons (Fsp3) is 0.467. The third-order valence-corrected chi connectivity index (χ3v) is 3.36. The third-order valence-electron chi connectivity index (χ3n) is 3.36. The van der Waals surface area contributed by atoms with Crippen LogP contribution in [0.5, 0.6) is 0 Å². The largest absolute Gasteiger partial charge is 0.310 e. The molecule has 1 saturated carbocycles. The van der Waals surface area contributed by atoms with Gasteiger partial charge < -0.3 is 5.32 Å². The van der Waals surface area contributed by atoms with Crippen molar-refractivity contribution in [3.05, 3.63) is 42.0 Å². The Labute approximate surface area is 113 Å². The van der Waals surface area contributed by atoms with Crippen molar-refractivity contribution in [2.75, 3.05) is 0 Å². The van der Waals surface area contributed by atoms with Crippen LogP contribution in [0, 0.1) is 0 Å². The average molecular weight is 256 g/mol. The zero-order valence-electron chi connectivity index (χ0n) is 11.5. The lowest BCUT2D eigenvalue weighted by molar-refractivity contribution is 0.587. The van der Waals surface area contributed by atoms with E-state index in [1.165, 1.54) is 24.1 Å². The molecule has 19 heavy (non-hydrogen) atoms. The molecule has 3 rings (SSSR count). The summed E-state index contributed by atoms with van der Waals surface area (Å²) in [5.41, 5.74) is 3.44. The van der Waals surface area contributed by atoms with Gasteiger partial charge in [-0.1, -0.05) is 13.8 Å². The quantitative estimate of drug-likeness (QED) is 0.894. The fourth-order valence-electron chi connectivity index (χ4n) is 2.10. The van der Waals surface area contributed by atoms with Crippen molar-refractivity contribution in [1.29, 1.82) is 0 Å². The van der Waals surface area contributed by atoms with Crippen molar-refractivity contribution < 1.29 is 0 Å². The van der Waals surface area contributed by atoms with Gasteiger partial charge >= 0.3 is 0 Å². The Kier molecular flexibility index (Phi) is 3.34. The van der Waals surface area contributed by atoms with E-state index in [0.29, 0.717) is 12.0 Å². The van der Waals surface area contributed by atoms with Crippen molar-refractivity contribution in [3.63, 3.8) is 0 Å². The second-order valence-electron chi connectivity index (χ2n) is 5.55. The van der Waals surface area contributed by atoms with Crippen molar-refractivity contribution >= 4 is 0 Å². The lowest BCUT2D eigenvalue weighted by Gasteiger charge is -2.09. The van der Waals surface area contributed by atoms with E-state index in [0.717, 1.165) is 12.2 Å². The van der Waals surface area contributed by atoms with E-state index in [1.807, 2.05) is 23.3 Å².